The molecule has 5 heteroatoms. The van der Waals surface area contributed by atoms with E-state index in [1.165, 1.54) is 0 Å². The molecule has 5 nitrogen and oxygen atoms in total. The fourth-order valence-corrected chi connectivity index (χ4v) is 1.59. The molecule has 0 aromatic heterocycles. The van der Waals surface area contributed by atoms with Gasteiger partial charge in [0.15, 0.2) is 0 Å². The van der Waals surface area contributed by atoms with Gasteiger partial charge in [-0.25, -0.2) is 4.79 Å². The molecule has 0 aliphatic rings. The van der Waals surface area contributed by atoms with Crippen LogP contribution in [0, 0.1) is 0 Å². The standard InChI is InChI=1S/C15H24N2O3/c1-3-5-9-19-14-11-12(6-7-13(14)16)15(18)20-10-8-17-4-2/h6-7,11,17H,3-5,8-10,16H2,1-2H3. The van der Waals surface area contributed by atoms with Crippen LogP contribution in [0.4, 0.5) is 5.69 Å². The lowest BCUT2D eigenvalue weighted by Crippen LogP contribution is -2.21. The van der Waals surface area contributed by atoms with Crippen LogP contribution in [-0.4, -0.2) is 32.3 Å². The second-order valence-electron chi connectivity index (χ2n) is 4.44. The molecule has 1 aromatic carbocycles. The molecule has 0 amide bonds. The molecular weight excluding hydrogens is 256 g/mol. The molecule has 0 spiro atoms. The van der Waals surface area contributed by atoms with Gasteiger partial charge in [0.25, 0.3) is 0 Å². The van der Waals surface area contributed by atoms with Gasteiger partial charge in [-0.15, -0.1) is 0 Å². The Hall–Kier alpha value is -1.75. The molecule has 0 heterocycles. The van der Waals surface area contributed by atoms with Crippen LogP contribution >= 0.6 is 0 Å². The number of nitrogens with one attached hydrogen (secondary N) is 1. The van der Waals surface area contributed by atoms with Crippen molar-refractivity contribution in [3.63, 3.8) is 0 Å². The van der Waals surface area contributed by atoms with Gasteiger partial charge in [-0.1, -0.05) is 20.3 Å². The van der Waals surface area contributed by atoms with Crippen LogP contribution in [0.1, 0.15) is 37.0 Å². The summed E-state index contributed by atoms with van der Waals surface area (Å²) in [5.41, 5.74) is 6.82. The van der Waals surface area contributed by atoms with Gasteiger partial charge in [0.1, 0.15) is 12.4 Å². The van der Waals surface area contributed by atoms with Crippen molar-refractivity contribution in [1.82, 2.24) is 5.32 Å². The fraction of sp³-hybridized carbons (Fsp3) is 0.533. The lowest BCUT2D eigenvalue weighted by Gasteiger charge is -2.10. The minimum atomic E-state index is -0.358. The van der Waals surface area contributed by atoms with Gasteiger partial charge in [-0.2, -0.15) is 0 Å². The van der Waals surface area contributed by atoms with Crippen molar-refractivity contribution < 1.29 is 14.3 Å². The monoisotopic (exact) mass is 280 g/mol. The average Bonchev–Trinajstić information content (AvgIpc) is 2.45. The largest absolute Gasteiger partial charge is 0.491 e. The number of benzene rings is 1. The Morgan fingerprint density at radius 3 is 2.80 bits per heavy atom. The van der Waals surface area contributed by atoms with E-state index in [0.29, 0.717) is 36.8 Å². The van der Waals surface area contributed by atoms with Crippen molar-refractivity contribution in [1.29, 1.82) is 0 Å². The third-order valence-electron chi connectivity index (χ3n) is 2.77. The van der Waals surface area contributed by atoms with Crippen LogP contribution in [0.25, 0.3) is 0 Å². The molecule has 20 heavy (non-hydrogen) atoms. The number of nitrogen functional groups attached to an aromatic ring is 1. The number of carbonyl (C=O) groups excluding carboxylic acids is 1. The summed E-state index contributed by atoms with van der Waals surface area (Å²) in [6, 6.07) is 4.96. The Balaban J connectivity index is 2.56. The van der Waals surface area contributed by atoms with E-state index in [-0.39, 0.29) is 5.97 Å². The zero-order valence-electron chi connectivity index (χ0n) is 12.3. The summed E-state index contributed by atoms with van der Waals surface area (Å²) in [5, 5.41) is 3.09. The maximum Gasteiger partial charge on any atom is 0.338 e. The van der Waals surface area contributed by atoms with Gasteiger partial charge < -0.3 is 20.5 Å². The Labute approximate surface area is 120 Å². The number of rotatable bonds is 9. The second kappa shape index (κ2) is 9.20. The third kappa shape index (κ3) is 5.48. The molecule has 0 bridgehead atoms. The van der Waals surface area contributed by atoms with Crippen LogP contribution in [0.5, 0.6) is 5.75 Å². The molecule has 0 saturated heterocycles. The molecule has 0 radical (unpaired) electrons. The van der Waals surface area contributed by atoms with E-state index in [4.69, 9.17) is 15.2 Å². The Bertz CT molecular complexity index is 422. The molecule has 0 unspecified atom stereocenters. The zero-order valence-corrected chi connectivity index (χ0v) is 12.3. The second-order valence-corrected chi connectivity index (χ2v) is 4.44. The molecule has 0 aliphatic heterocycles. The van der Waals surface area contributed by atoms with Gasteiger partial charge in [0, 0.05) is 6.54 Å². The number of hydrogen-bond acceptors (Lipinski definition) is 5. The van der Waals surface area contributed by atoms with Crippen molar-refractivity contribution in [3.05, 3.63) is 23.8 Å². The van der Waals surface area contributed by atoms with Gasteiger partial charge in [-0.05, 0) is 31.2 Å². The Kier molecular flexibility index (Phi) is 7.50. The molecule has 0 aliphatic carbocycles. The maximum absolute atomic E-state index is 11.9. The Morgan fingerprint density at radius 1 is 1.30 bits per heavy atom. The van der Waals surface area contributed by atoms with Crippen LogP contribution in [-0.2, 0) is 4.74 Å². The van der Waals surface area contributed by atoms with E-state index >= 15 is 0 Å². The van der Waals surface area contributed by atoms with E-state index in [1.54, 1.807) is 18.2 Å². The first-order valence-electron chi connectivity index (χ1n) is 7.09. The van der Waals surface area contributed by atoms with Crippen LogP contribution in [0.2, 0.25) is 0 Å². The van der Waals surface area contributed by atoms with Gasteiger partial charge in [-0.3, -0.25) is 0 Å². The van der Waals surface area contributed by atoms with Crippen LogP contribution in [0.3, 0.4) is 0 Å². The smallest absolute Gasteiger partial charge is 0.338 e. The van der Waals surface area contributed by atoms with Crippen molar-refractivity contribution in [2.75, 3.05) is 32.0 Å². The SMILES string of the molecule is CCCCOc1cc(C(=O)OCCNCC)ccc1N. The first-order chi connectivity index (χ1) is 9.69. The van der Waals surface area contributed by atoms with E-state index in [0.717, 1.165) is 19.4 Å². The Morgan fingerprint density at radius 2 is 2.10 bits per heavy atom. The average molecular weight is 280 g/mol. The number of likely N-dealkylation sites (N-methyl/N-ethyl adjacent to an activating group) is 1. The number of nitrogens with two attached hydrogens (primary N) is 1. The summed E-state index contributed by atoms with van der Waals surface area (Å²) < 4.78 is 10.7. The summed E-state index contributed by atoms with van der Waals surface area (Å²) in [6.07, 6.45) is 2.00. The number of ether oxygens (including phenoxy) is 2. The topological polar surface area (TPSA) is 73.6 Å². The van der Waals surface area contributed by atoms with Crippen LogP contribution in [0.15, 0.2) is 18.2 Å². The summed E-state index contributed by atoms with van der Waals surface area (Å²) in [5.74, 6) is 0.183. The lowest BCUT2D eigenvalue weighted by molar-refractivity contribution is 0.0508. The van der Waals surface area contributed by atoms with Crippen molar-refractivity contribution in [2.45, 2.75) is 26.7 Å². The first kappa shape index (κ1) is 16.3. The third-order valence-corrected chi connectivity index (χ3v) is 2.77. The highest BCUT2D eigenvalue weighted by Crippen LogP contribution is 2.23. The first-order valence-corrected chi connectivity index (χ1v) is 7.09. The number of carbonyl (C=O) groups is 1. The minimum Gasteiger partial charge on any atom is -0.491 e. The highest BCUT2D eigenvalue weighted by Gasteiger charge is 2.10. The number of unbranched alkanes of at least 4 members (excludes halogenated alkanes) is 1. The van der Waals surface area contributed by atoms with E-state index in [9.17, 15) is 4.79 Å². The van der Waals surface area contributed by atoms with E-state index in [2.05, 4.69) is 12.2 Å². The minimum absolute atomic E-state index is 0.350. The predicted molar refractivity (Wildman–Crippen MR) is 80.1 cm³/mol. The highest BCUT2D eigenvalue weighted by atomic mass is 16.5. The molecular formula is C15H24N2O3. The molecule has 1 aromatic rings. The molecule has 0 saturated carbocycles. The molecule has 1 rings (SSSR count). The molecule has 0 fully saturated rings. The van der Waals surface area contributed by atoms with Crippen molar-refractivity contribution >= 4 is 11.7 Å². The summed E-state index contributed by atoms with van der Waals surface area (Å²) in [7, 11) is 0. The van der Waals surface area contributed by atoms with E-state index in [1.807, 2.05) is 6.92 Å². The fourth-order valence-electron chi connectivity index (χ4n) is 1.59. The van der Waals surface area contributed by atoms with Crippen molar-refractivity contribution in [3.8, 4) is 5.75 Å². The maximum atomic E-state index is 11.9. The molecule has 112 valence electrons. The number of hydrogen-bond donors (Lipinski definition) is 2. The number of esters is 1. The van der Waals surface area contributed by atoms with Gasteiger partial charge in [0.05, 0.1) is 17.9 Å². The summed E-state index contributed by atoms with van der Waals surface area (Å²) in [6.45, 7) is 6.54. The molecule has 0 atom stereocenters. The van der Waals surface area contributed by atoms with Crippen LogP contribution < -0.4 is 15.8 Å². The highest BCUT2D eigenvalue weighted by molar-refractivity contribution is 5.90. The zero-order chi connectivity index (χ0) is 14.8. The van der Waals surface area contributed by atoms with E-state index < -0.39 is 0 Å². The van der Waals surface area contributed by atoms with Crippen molar-refractivity contribution in [2.24, 2.45) is 0 Å². The lowest BCUT2D eigenvalue weighted by atomic mass is 10.2. The van der Waals surface area contributed by atoms with Gasteiger partial charge >= 0.3 is 5.97 Å². The summed E-state index contributed by atoms with van der Waals surface area (Å²) >= 11 is 0. The summed E-state index contributed by atoms with van der Waals surface area (Å²) in [4.78, 5) is 11.9. The molecule has 3 N–H and O–H groups in total. The number of anilines is 1. The predicted octanol–water partition coefficient (Wildman–Crippen LogP) is 2.21. The van der Waals surface area contributed by atoms with Gasteiger partial charge in [0.2, 0.25) is 0 Å². The normalized spacial score (nSPS) is 10.3. The quantitative estimate of drug-likeness (QED) is 0.412.